The minimum absolute atomic E-state index is 0. The van der Waals surface area contributed by atoms with Gasteiger partial charge in [0.15, 0.2) is 19.7 Å². The first-order valence-electron chi connectivity index (χ1n) is 11.6. The molecule has 223 valence electrons. The smallest absolute Gasteiger partial charge is 0.559 e. The minimum Gasteiger partial charge on any atom is -0.559 e. The van der Waals surface area contributed by atoms with Gasteiger partial charge in [0.25, 0.3) is 0 Å². The topological polar surface area (TPSA) is 208 Å². The standard InChI is InChI=1S/2C10H15N2O4S3.Co/c2*1-3-12-8-4-6(2)18(13,14)10-7(8)5-9(17-10)19(11,15)16;/h2*5-6,8,12H,3-4H2,1-2H3,(H-,11,15,16);/q2*-1;+2. The fraction of sp³-hybridized carbons (Fsp3) is 0.600. The Morgan fingerprint density at radius 3 is 1.33 bits per heavy atom. The first kappa shape index (κ1) is 34.7. The van der Waals surface area contributed by atoms with E-state index in [0.717, 1.165) is 0 Å². The first-order valence-corrected chi connectivity index (χ1v) is 19.3. The van der Waals surface area contributed by atoms with Crippen LogP contribution in [0.25, 0.3) is 10.3 Å². The summed E-state index contributed by atoms with van der Waals surface area (Å²) in [5, 5.41) is 19.4. The summed E-state index contributed by atoms with van der Waals surface area (Å²) in [6, 6.07) is 2.29. The molecule has 0 bridgehead atoms. The molecule has 4 unspecified atom stereocenters. The van der Waals surface area contributed by atoms with Crippen molar-refractivity contribution in [1.82, 2.24) is 10.6 Å². The third-order valence-corrected chi connectivity index (χ3v) is 16.8. The molecule has 2 aliphatic heterocycles. The van der Waals surface area contributed by atoms with Gasteiger partial charge in [-0.15, -0.1) is 22.7 Å². The van der Waals surface area contributed by atoms with E-state index in [1.54, 1.807) is 13.8 Å². The summed E-state index contributed by atoms with van der Waals surface area (Å²) < 4.78 is 93.7. The molecule has 4 heterocycles. The molecule has 39 heavy (non-hydrogen) atoms. The van der Waals surface area contributed by atoms with Crippen LogP contribution < -0.4 is 10.6 Å². The average molecular weight is 706 g/mol. The van der Waals surface area contributed by atoms with Crippen LogP contribution in [0.4, 0.5) is 0 Å². The third-order valence-electron chi connectivity index (χ3n) is 6.30. The van der Waals surface area contributed by atoms with E-state index in [0.29, 0.717) is 59.7 Å². The molecule has 0 saturated carbocycles. The van der Waals surface area contributed by atoms with Crippen LogP contribution in [0.5, 0.6) is 0 Å². The van der Waals surface area contributed by atoms with E-state index in [2.05, 4.69) is 10.6 Å². The van der Waals surface area contributed by atoms with E-state index in [-0.39, 0.29) is 45.7 Å². The Labute approximate surface area is 248 Å². The van der Waals surface area contributed by atoms with Crippen molar-refractivity contribution >= 4 is 62.4 Å². The Hall–Kier alpha value is -0.454. The van der Waals surface area contributed by atoms with Crippen LogP contribution in [0.2, 0.25) is 0 Å². The van der Waals surface area contributed by atoms with E-state index >= 15 is 0 Å². The molecule has 0 aliphatic carbocycles. The van der Waals surface area contributed by atoms with Gasteiger partial charge in [0.1, 0.15) is 36.9 Å². The van der Waals surface area contributed by atoms with Crippen LogP contribution in [0.3, 0.4) is 0 Å². The Bertz CT molecular complexity index is 1510. The van der Waals surface area contributed by atoms with Crippen LogP contribution in [0, 0.1) is 0 Å². The monoisotopic (exact) mass is 705 g/mol. The van der Waals surface area contributed by atoms with Crippen molar-refractivity contribution in [3.05, 3.63) is 33.5 Å². The van der Waals surface area contributed by atoms with Crippen molar-refractivity contribution in [3.8, 4) is 0 Å². The normalized spacial score (nSPS) is 25.4. The van der Waals surface area contributed by atoms with E-state index < -0.39 is 50.2 Å². The second kappa shape index (κ2) is 12.4. The predicted molar refractivity (Wildman–Crippen MR) is 147 cm³/mol. The average Bonchev–Trinajstić information content (AvgIpc) is 3.43. The van der Waals surface area contributed by atoms with Gasteiger partial charge in [-0.25, -0.2) is 33.7 Å². The number of fused-ring (bicyclic) bond motifs is 2. The van der Waals surface area contributed by atoms with Gasteiger partial charge in [-0.05, 0) is 63.0 Å². The molecule has 1 radical (unpaired) electrons. The zero-order valence-electron chi connectivity index (χ0n) is 21.3. The molecular formula is C20H30CoN4O8S6. The molecule has 19 heteroatoms. The van der Waals surface area contributed by atoms with Crippen LogP contribution in [0.15, 0.2) is 29.0 Å². The van der Waals surface area contributed by atoms with Gasteiger partial charge in [0.05, 0.1) is 10.5 Å². The second-order valence-electron chi connectivity index (χ2n) is 9.03. The van der Waals surface area contributed by atoms with Gasteiger partial charge in [-0.2, -0.15) is 0 Å². The van der Waals surface area contributed by atoms with Gasteiger partial charge in [0, 0.05) is 12.1 Å². The molecule has 4 rings (SSSR count). The number of hydrogen-bond acceptors (Lipinski definition) is 12. The van der Waals surface area contributed by atoms with Crippen LogP contribution >= 0.6 is 22.7 Å². The van der Waals surface area contributed by atoms with Crippen molar-refractivity contribution < 1.29 is 50.4 Å². The van der Waals surface area contributed by atoms with Crippen molar-refractivity contribution in [2.75, 3.05) is 13.1 Å². The summed E-state index contributed by atoms with van der Waals surface area (Å²) in [4.78, 5) is 0. The van der Waals surface area contributed by atoms with E-state index in [9.17, 15) is 33.7 Å². The third kappa shape index (κ3) is 7.13. The second-order valence-corrected chi connectivity index (χ2v) is 19.7. The Balaban J connectivity index is 0.000000267. The molecule has 2 aromatic heterocycles. The van der Waals surface area contributed by atoms with E-state index in [1.165, 1.54) is 12.1 Å². The van der Waals surface area contributed by atoms with Crippen molar-refractivity contribution in [3.63, 3.8) is 0 Å². The zero-order valence-corrected chi connectivity index (χ0v) is 27.3. The molecule has 4 atom stereocenters. The molecule has 12 nitrogen and oxygen atoms in total. The largest absolute Gasteiger partial charge is 2.00 e. The summed E-state index contributed by atoms with van der Waals surface area (Å²) in [7, 11) is -15.2. The molecular weight excluding hydrogens is 676 g/mol. The molecule has 0 fully saturated rings. The van der Waals surface area contributed by atoms with Crippen LogP contribution in [0.1, 0.15) is 63.7 Å². The van der Waals surface area contributed by atoms with Crippen molar-refractivity contribution in [2.45, 2.75) is 80.0 Å². The summed E-state index contributed by atoms with van der Waals surface area (Å²) in [5.41, 5.74) is 0.964. The SMILES string of the molecule is CCNC1CC(C)S(=O)(=O)c2sc(S([NH-])(=O)=O)cc21.CCNC1CC(C)S(=O)(=O)c2sc(S([NH-])(=O)=O)cc21.[Co+2]. The molecule has 2 aliphatic rings. The molecule has 4 N–H and O–H groups in total. The predicted octanol–water partition coefficient (Wildman–Crippen LogP) is 3.41. The number of sulfonamides is 2. The quantitative estimate of drug-likeness (QED) is 0.448. The Morgan fingerprint density at radius 2 is 1.08 bits per heavy atom. The van der Waals surface area contributed by atoms with Gasteiger partial charge in [-0.1, -0.05) is 13.8 Å². The van der Waals surface area contributed by atoms with Crippen molar-refractivity contribution in [1.29, 1.82) is 0 Å². The van der Waals surface area contributed by atoms with Gasteiger partial charge < -0.3 is 20.9 Å². The van der Waals surface area contributed by atoms with E-state index in [4.69, 9.17) is 10.3 Å². The van der Waals surface area contributed by atoms with Gasteiger partial charge in [0.2, 0.25) is 0 Å². The van der Waals surface area contributed by atoms with E-state index in [1.807, 2.05) is 13.8 Å². The Kier molecular flexibility index (Phi) is 11.1. The van der Waals surface area contributed by atoms with Crippen LogP contribution in [-0.4, -0.2) is 57.3 Å². The number of rotatable bonds is 6. The maximum Gasteiger partial charge on any atom is 2.00 e. The first-order chi connectivity index (χ1) is 17.3. The molecule has 0 aromatic carbocycles. The molecule has 0 spiro atoms. The molecule has 0 saturated heterocycles. The Morgan fingerprint density at radius 1 is 0.769 bits per heavy atom. The summed E-state index contributed by atoms with van der Waals surface area (Å²) >= 11 is 1.36. The summed E-state index contributed by atoms with van der Waals surface area (Å²) in [5.74, 6) is 0. The fourth-order valence-corrected chi connectivity index (χ4v) is 13.1. The molecule has 0 amide bonds. The number of hydrogen-bond donors (Lipinski definition) is 2. The molecule has 2 aromatic rings. The maximum atomic E-state index is 12.2. The minimum atomic E-state index is -4.13. The summed E-state index contributed by atoms with van der Waals surface area (Å²) in [6.07, 6.45) is 0.828. The number of nitrogens with one attached hydrogen (secondary N) is 4. The zero-order chi connectivity index (χ0) is 28.8. The maximum absolute atomic E-state index is 12.2. The van der Waals surface area contributed by atoms with Crippen molar-refractivity contribution in [2.24, 2.45) is 0 Å². The fourth-order valence-electron chi connectivity index (χ4n) is 4.34. The van der Waals surface area contributed by atoms with Gasteiger partial charge >= 0.3 is 16.8 Å². The van der Waals surface area contributed by atoms with Crippen LogP contribution in [-0.2, 0) is 56.5 Å². The summed E-state index contributed by atoms with van der Waals surface area (Å²) in [6.45, 7) is 8.38. The number of thiophene rings is 2. The number of sulfone groups is 2. The van der Waals surface area contributed by atoms with Gasteiger partial charge in [-0.3, -0.25) is 0 Å².